The lowest BCUT2D eigenvalue weighted by atomic mass is 10.0. The van der Waals surface area contributed by atoms with E-state index in [0.29, 0.717) is 5.02 Å². The number of hydrogen-bond acceptors (Lipinski definition) is 5. The predicted molar refractivity (Wildman–Crippen MR) is 77.3 cm³/mol. The highest BCUT2D eigenvalue weighted by Crippen LogP contribution is 2.38. The molecule has 0 amide bonds. The Hall–Kier alpha value is -1.17. The standard InChI is InChI=1S/C13H14ClN3OS/c1-18-10-4-2-3-9-12(10)19-13(16-9)17-11-6-5-8(14)7-15-11/h5-7,10H,2-4H2,1H3,(H,15,16,17). The molecule has 100 valence electrons. The van der Waals surface area contributed by atoms with Crippen LogP contribution in [0.25, 0.3) is 0 Å². The average molecular weight is 296 g/mol. The molecule has 1 atom stereocenters. The van der Waals surface area contributed by atoms with E-state index in [1.54, 1.807) is 24.6 Å². The molecule has 1 aliphatic rings. The van der Waals surface area contributed by atoms with Gasteiger partial charge in [0.25, 0.3) is 0 Å². The lowest BCUT2D eigenvalue weighted by Gasteiger charge is -2.18. The lowest BCUT2D eigenvalue weighted by Crippen LogP contribution is -2.08. The first-order chi connectivity index (χ1) is 9.26. The van der Waals surface area contributed by atoms with Crippen molar-refractivity contribution in [2.24, 2.45) is 0 Å². The van der Waals surface area contributed by atoms with E-state index in [9.17, 15) is 0 Å². The number of ether oxygens (including phenoxy) is 1. The molecule has 6 heteroatoms. The van der Waals surface area contributed by atoms with Gasteiger partial charge in [-0.05, 0) is 31.4 Å². The zero-order chi connectivity index (χ0) is 13.2. The zero-order valence-electron chi connectivity index (χ0n) is 10.5. The molecule has 1 aliphatic carbocycles. The quantitative estimate of drug-likeness (QED) is 0.931. The van der Waals surface area contributed by atoms with Crippen LogP contribution >= 0.6 is 22.9 Å². The number of rotatable bonds is 3. The van der Waals surface area contributed by atoms with Crippen LogP contribution in [0.5, 0.6) is 0 Å². The molecule has 4 nitrogen and oxygen atoms in total. The molecule has 2 aromatic heterocycles. The first kappa shape index (κ1) is 12.8. The van der Waals surface area contributed by atoms with Crippen LogP contribution < -0.4 is 5.32 Å². The monoisotopic (exact) mass is 295 g/mol. The highest BCUT2D eigenvalue weighted by Gasteiger charge is 2.24. The topological polar surface area (TPSA) is 47.0 Å². The van der Waals surface area contributed by atoms with E-state index >= 15 is 0 Å². The van der Waals surface area contributed by atoms with Gasteiger partial charge in [-0.2, -0.15) is 0 Å². The summed E-state index contributed by atoms with van der Waals surface area (Å²) in [6.07, 6.45) is 5.05. The number of hydrogen-bond donors (Lipinski definition) is 1. The fourth-order valence-corrected chi connectivity index (χ4v) is 3.46. The smallest absolute Gasteiger partial charge is 0.188 e. The van der Waals surface area contributed by atoms with E-state index in [1.165, 1.54) is 4.88 Å². The summed E-state index contributed by atoms with van der Waals surface area (Å²) in [7, 11) is 1.76. The second-order valence-electron chi connectivity index (χ2n) is 4.43. The number of thiazole rings is 1. The Bertz CT molecular complexity index is 570. The molecule has 2 aromatic rings. The summed E-state index contributed by atoms with van der Waals surface area (Å²) >= 11 is 7.46. The molecule has 19 heavy (non-hydrogen) atoms. The molecule has 3 rings (SSSR count). The lowest BCUT2D eigenvalue weighted by molar-refractivity contribution is 0.0908. The molecular formula is C13H14ClN3OS. The van der Waals surface area contributed by atoms with Gasteiger partial charge in [-0.25, -0.2) is 9.97 Å². The second-order valence-corrected chi connectivity index (χ2v) is 5.90. The number of fused-ring (bicyclic) bond motifs is 1. The third kappa shape index (κ3) is 2.73. The molecule has 0 aliphatic heterocycles. The van der Waals surface area contributed by atoms with Gasteiger partial charge in [0.05, 0.1) is 21.7 Å². The Morgan fingerprint density at radius 1 is 1.47 bits per heavy atom. The van der Waals surface area contributed by atoms with Crippen LogP contribution in [0, 0.1) is 0 Å². The fraction of sp³-hybridized carbons (Fsp3) is 0.385. The molecule has 0 radical (unpaired) electrons. The number of methoxy groups -OCH3 is 1. The Morgan fingerprint density at radius 2 is 2.37 bits per heavy atom. The molecule has 0 fully saturated rings. The van der Waals surface area contributed by atoms with Gasteiger partial charge in [-0.3, -0.25) is 0 Å². The van der Waals surface area contributed by atoms with Crippen molar-refractivity contribution in [3.8, 4) is 0 Å². The molecule has 0 bridgehead atoms. The van der Waals surface area contributed by atoms with Crippen LogP contribution in [0.15, 0.2) is 18.3 Å². The minimum atomic E-state index is 0.190. The van der Waals surface area contributed by atoms with Gasteiger partial charge in [-0.1, -0.05) is 22.9 Å². The van der Waals surface area contributed by atoms with Crippen molar-refractivity contribution in [2.75, 3.05) is 12.4 Å². The Balaban J connectivity index is 1.82. The maximum Gasteiger partial charge on any atom is 0.188 e. The Kier molecular flexibility index (Phi) is 3.68. The first-order valence-corrected chi connectivity index (χ1v) is 7.36. The molecule has 1 N–H and O–H groups in total. The van der Waals surface area contributed by atoms with Crippen molar-refractivity contribution in [1.29, 1.82) is 0 Å². The van der Waals surface area contributed by atoms with Crippen LogP contribution in [-0.4, -0.2) is 17.1 Å². The minimum Gasteiger partial charge on any atom is -0.376 e. The summed E-state index contributed by atoms with van der Waals surface area (Å²) in [6.45, 7) is 0. The number of anilines is 2. The highest BCUT2D eigenvalue weighted by molar-refractivity contribution is 7.15. The van der Waals surface area contributed by atoms with Gasteiger partial charge in [0.15, 0.2) is 5.13 Å². The van der Waals surface area contributed by atoms with E-state index in [0.717, 1.165) is 35.9 Å². The summed E-state index contributed by atoms with van der Waals surface area (Å²) in [6, 6.07) is 3.65. The van der Waals surface area contributed by atoms with Gasteiger partial charge in [0, 0.05) is 13.3 Å². The summed E-state index contributed by atoms with van der Waals surface area (Å²) in [4.78, 5) is 10.1. The van der Waals surface area contributed by atoms with Crippen LogP contribution in [0.2, 0.25) is 5.02 Å². The van der Waals surface area contributed by atoms with E-state index < -0.39 is 0 Å². The molecular weight excluding hydrogens is 282 g/mol. The van der Waals surface area contributed by atoms with Gasteiger partial charge in [0.1, 0.15) is 5.82 Å². The number of nitrogens with zero attached hydrogens (tertiary/aromatic N) is 2. The van der Waals surface area contributed by atoms with Crippen molar-refractivity contribution < 1.29 is 4.74 Å². The van der Waals surface area contributed by atoms with Gasteiger partial charge in [-0.15, -0.1) is 0 Å². The molecule has 0 saturated carbocycles. The van der Waals surface area contributed by atoms with E-state index in [2.05, 4.69) is 15.3 Å². The van der Waals surface area contributed by atoms with Crippen LogP contribution in [0.3, 0.4) is 0 Å². The molecule has 2 heterocycles. The summed E-state index contributed by atoms with van der Waals surface area (Å²) in [5, 5.41) is 4.71. The number of halogens is 1. The summed E-state index contributed by atoms with van der Waals surface area (Å²) in [5.74, 6) is 0.754. The first-order valence-electron chi connectivity index (χ1n) is 6.17. The maximum absolute atomic E-state index is 5.82. The Labute approximate surface area is 120 Å². The van der Waals surface area contributed by atoms with Crippen LogP contribution in [-0.2, 0) is 11.2 Å². The number of aryl methyl sites for hydroxylation is 1. The van der Waals surface area contributed by atoms with Crippen molar-refractivity contribution >= 4 is 33.9 Å². The molecule has 0 aromatic carbocycles. The molecule has 0 spiro atoms. The normalized spacial score (nSPS) is 18.1. The second kappa shape index (κ2) is 5.45. The van der Waals surface area contributed by atoms with Gasteiger partial charge >= 0.3 is 0 Å². The van der Waals surface area contributed by atoms with Crippen molar-refractivity contribution in [3.05, 3.63) is 33.9 Å². The minimum absolute atomic E-state index is 0.190. The van der Waals surface area contributed by atoms with E-state index in [-0.39, 0.29) is 6.10 Å². The van der Waals surface area contributed by atoms with Crippen molar-refractivity contribution in [2.45, 2.75) is 25.4 Å². The summed E-state index contributed by atoms with van der Waals surface area (Å²) in [5.41, 5.74) is 1.15. The van der Waals surface area contributed by atoms with Gasteiger partial charge < -0.3 is 10.1 Å². The third-order valence-corrected chi connectivity index (χ3v) is 4.48. The maximum atomic E-state index is 5.82. The SMILES string of the molecule is COC1CCCc2nc(Nc3ccc(Cl)cn3)sc21. The number of pyridine rings is 1. The largest absolute Gasteiger partial charge is 0.376 e. The zero-order valence-corrected chi connectivity index (χ0v) is 12.1. The number of nitrogens with one attached hydrogen (secondary N) is 1. The highest BCUT2D eigenvalue weighted by atomic mass is 35.5. The summed E-state index contributed by atoms with van der Waals surface area (Å²) < 4.78 is 5.51. The third-order valence-electron chi connectivity index (χ3n) is 3.15. The van der Waals surface area contributed by atoms with E-state index in [4.69, 9.17) is 16.3 Å². The fourth-order valence-electron chi connectivity index (χ4n) is 2.22. The predicted octanol–water partition coefficient (Wildman–Crippen LogP) is 3.96. The molecule has 0 saturated heterocycles. The van der Waals surface area contributed by atoms with Crippen LogP contribution in [0.4, 0.5) is 10.9 Å². The average Bonchev–Trinajstić information content (AvgIpc) is 2.83. The number of aromatic nitrogens is 2. The van der Waals surface area contributed by atoms with E-state index in [1.807, 2.05) is 12.1 Å². The Morgan fingerprint density at radius 3 is 3.11 bits per heavy atom. The molecule has 1 unspecified atom stereocenters. The van der Waals surface area contributed by atoms with Gasteiger partial charge in [0.2, 0.25) is 0 Å². The van der Waals surface area contributed by atoms with Crippen LogP contribution in [0.1, 0.15) is 29.5 Å². The van der Waals surface area contributed by atoms with Crippen molar-refractivity contribution in [3.63, 3.8) is 0 Å². The van der Waals surface area contributed by atoms with Crippen molar-refractivity contribution in [1.82, 2.24) is 9.97 Å².